The van der Waals surface area contributed by atoms with Crippen molar-refractivity contribution in [1.82, 2.24) is 0 Å². The lowest BCUT2D eigenvalue weighted by atomic mass is 9.85. The summed E-state index contributed by atoms with van der Waals surface area (Å²) >= 11 is 0. The Hall–Kier alpha value is -1.82. The third kappa shape index (κ3) is 3.01. The Morgan fingerprint density at radius 1 is 1.45 bits per heavy atom. The van der Waals surface area contributed by atoms with E-state index in [4.69, 9.17) is 9.47 Å². The molecule has 1 saturated heterocycles. The molecular formula is C14H18N2O4. The van der Waals surface area contributed by atoms with E-state index in [2.05, 4.69) is 5.32 Å². The van der Waals surface area contributed by atoms with E-state index < -0.39 is 0 Å². The maximum absolute atomic E-state index is 11.1. The summed E-state index contributed by atoms with van der Waals surface area (Å²) in [5, 5.41) is 14.3. The number of hydrogen-bond acceptors (Lipinski definition) is 5. The Morgan fingerprint density at radius 3 is 2.85 bits per heavy atom. The van der Waals surface area contributed by atoms with Crippen molar-refractivity contribution < 1.29 is 14.4 Å². The zero-order valence-electron chi connectivity index (χ0n) is 11.2. The van der Waals surface area contributed by atoms with Crippen molar-refractivity contribution in [2.45, 2.75) is 25.4 Å². The third-order valence-corrected chi connectivity index (χ3v) is 3.82. The number of nitrogens with zero attached hydrogens (tertiary/aromatic N) is 1. The molecule has 0 bridgehead atoms. The fraction of sp³-hybridized carbons (Fsp3) is 0.571. The summed E-state index contributed by atoms with van der Waals surface area (Å²) in [5.74, 6) is 1.16. The van der Waals surface area contributed by atoms with Crippen LogP contribution in [-0.4, -0.2) is 30.8 Å². The minimum absolute atomic E-state index is 0.0681. The largest absolute Gasteiger partial charge is 0.488 e. The van der Waals surface area contributed by atoms with Crippen LogP contribution in [0.3, 0.4) is 0 Å². The normalized spacial score (nSPS) is 21.1. The lowest BCUT2D eigenvalue weighted by molar-refractivity contribution is -0.384. The Balaban J connectivity index is 1.74. The van der Waals surface area contributed by atoms with Gasteiger partial charge >= 0.3 is 0 Å². The smallest absolute Gasteiger partial charge is 0.296 e. The van der Waals surface area contributed by atoms with Crippen molar-refractivity contribution in [3.05, 3.63) is 28.3 Å². The molecule has 1 aliphatic heterocycles. The first-order valence-electron chi connectivity index (χ1n) is 6.99. The second-order valence-electron chi connectivity index (χ2n) is 5.35. The highest BCUT2D eigenvalue weighted by atomic mass is 16.6. The molecule has 20 heavy (non-hydrogen) atoms. The molecule has 2 aliphatic rings. The number of nitro benzene ring substituents is 1. The van der Waals surface area contributed by atoms with Gasteiger partial charge in [0.1, 0.15) is 18.5 Å². The number of epoxide rings is 1. The van der Waals surface area contributed by atoms with Gasteiger partial charge in [0.05, 0.1) is 11.5 Å². The van der Waals surface area contributed by atoms with Crippen LogP contribution >= 0.6 is 0 Å². The van der Waals surface area contributed by atoms with Gasteiger partial charge in [-0.25, -0.2) is 0 Å². The van der Waals surface area contributed by atoms with Crippen LogP contribution in [0.25, 0.3) is 0 Å². The molecule has 0 amide bonds. The van der Waals surface area contributed by atoms with Crippen molar-refractivity contribution in [2.24, 2.45) is 5.92 Å². The van der Waals surface area contributed by atoms with Crippen LogP contribution in [0.1, 0.15) is 19.3 Å². The van der Waals surface area contributed by atoms with E-state index in [1.54, 1.807) is 12.1 Å². The molecule has 1 saturated carbocycles. The van der Waals surface area contributed by atoms with Crippen molar-refractivity contribution in [3.8, 4) is 5.75 Å². The predicted molar refractivity (Wildman–Crippen MR) is 74.2 cm³/mol. The number of rotatable bonds is 7. The number of anilines is 1. The van der Waals surface area contributed by atoms with Crippen molar-refractivity contribution in [3.63, 3.8) is 0 Å². The summed E-state index contributed by atoms with van der Waals surface area (Å²) in [7, 11) is 0. The van der Waals surface area contributed by atoms with E-state index in [1.165, 1.54) is 25.3 Å². The average molecular weight is 278 g/mol. The van der Waals surface area contributed by atoms with Crippen LogP contribution in [0.4, 0.5) is 11.4 Å². The molecule has 1 aliphatic carbocycles. The highest BCUT2D eigenvalue weighted by Crippen LogP contribution is 2.36. The molecule has 0 aromatic heterocycles. The van der Waals surface area contributed by atoms with Gasteiger partial charge in [-0.05, 0) is 24.8 Å². The molecule has 1 atom stereocenters. The van der Waals surface area contributed by atoms with Crippen LogP contribution in [0, 0.1) is 16.0 Å². The highest BCUT2D eigenvalue weighted by Gasteiger charge is 2.26. The Morgan fingerprint density at radius 2 is 2.25 bits per heavy atom. The molecule has 2 fully saturated rings. The van der Waals surface area contributed by atoms with Crippen LogP contribution in [-0.2, 0) is 4.74 Å². The summed E-state index contributed by atoms with van der Waals surface area (Å²) in [4.78, 5) is 10.8. The molecule has 6 nitrogen and oxygen atoms in total. The summed E-state index contributed by atoms with van der Waals surface area (Å²) in [6.45, 7) is 1.92. The molecule has 1 aromatic rings. The maximum Gasteiger partial charge on any atom is 0.296 e. The van der Waals surface area contributed by atoms with Gasteiger partial charge in [0, 0.05) is 12.6 Å². The second kappa shape index (κ2) is 5.66. The van der Waals surface area contributed by atoms with Crippen LogP contribution in [0.5, 0.6) is 5.75 Å². The number of nitro groups is 1. The third-order valence-electron chi connectivity index (χ3n) is 3.82. The van der Waals surface area contributed by atoms with E-state index in [9.17, 15) is 10.1 Å². The number of hydrogen-bond donors (Lipinski definition) is 1. The first kappa shape index (κ1) is 13.2. The summed E-state index contributed by atoms with van der Waals surface area (Å²) in [5.41, 5.74) is 0.559. The summed E-state index contributed by atoms with van der Waals surface area (Å²) in [6, 6.07) is 4.91. The molecule has 1 unspecified atom stereocenters. The standard InChI is InChI=1S/C14H18N2O4/c17-16(18)12-5-2-6-13(20-9-11-8-19-11)14(12)15-7-10-3-1-4-10/h2,5-6,10-11,15H,1,3-4,7-9H2. The van der Waals surface area contributed by atoms with Crippen molar-refractivity contribution in [1.29, 1.82) is 0 Å². The number of nitrogens with one attached hydrogen (secondary N) is 1. The summed E-state index contributed by atoms with van der Waals surface area (Å²) < 4.78 is 10.7. The van der Waals surface area contributed by atoms with Gasteiger partial charge in [0.25, 0.3) is 5.69 Å². The lowest BCUT2D eigenvalue weighted by Gasteiger charge is -2.26. The van der Waals surface area contributed by atoms with E-state index >= 15 is 0 Å². The van der Waals surface area contributed by atoms with Gasteiger partial charge in [-0.2, -0.15) is 0 Å². The fourth-order valence-electron chi connectivity index (χ4n) is 2.26. The molecule has 3 rings (SSSR count). The maximum atomic E-state index is 11.1. The zero-order valence-corrected chi connectivity index (χ0v) is 11.2. The molecule has 108 valence electrons. The van der Waals surface area contributed by atoms with Crippen molar-refractivity contribution in [2.75, 3.05) is 25.1 Å². The van der Waals surface area contributed by atoms with Gasteiger partial charge in [-0.1, -0.05) is 12.5 Å². The number of ether oxygens (including phenoxy) is 2. The van der Waals surface area contributed by atoms with Gasteiger partial charge in [-0.15, -0.1) is 0 Å². The van der Waals surface area contributed by atoms with E-state index in [0.717, 1.165) is 6.54 Å². The molecule has 6 heteroatoms. The van der Waals surface area contributed by atoms with Gasteiger partial charge in [-0.3, -0.25) is 10.1 Å². The quantitative estimate of drug-likeness (QED) is 0.471. The number of benzene rings is 1. The van der Waals surface area contributed by atoms with E-state index in [-0.39, 0.29) is 16.7 Å². The minimum Gasteiger partial charge on any atom is -0.488 e. The molecule has 1 aromatic carbocycles. The van der Waals surface area contributed by atoms with Gasteiger partial charge in [0.2, 0.25) is 0 Å². The molecule has 0 spiro atoms. The van der Waals surface area contributed by atoms with Crippen molar-refractivity contribution >= 4 is 11.4 Å². The first-order valence-corrected chi connectivity index (χ1v) is 6.99. The van der Waals surface area contributed by atoms with Crippen LogP contribution in [0.15, 0.2) is 18.2 Å². The molecular weight excluding hydrogens is 260 g/mol. The minimum atomic E-state index is -0.371. The topological polar surface area (TPSA) is 76.9 Å². The Bertz CT molecular complexity index is 498. The van der Waals surface area contributed by atoms with Crippen LogP contribution in [0.2, 0.25) is 0 Å². The monoisotopic (exact) mass is 278 g/mol. The lowest BCUT2D eigenvalue weighted by Crippen LogP contribution is -2.21. The highest BCUT2D eigenvalue weighted by molar-refractivity contribution is 5.70. The molecule has 0 radical (unpaired) electrons. The Kier molecular flexibility index (Phi) is 3.73. The van der Waals surface area contributed by atoms with E-state index in [1.807, 2.05) is 0 Å². The predicted octanol–water partition coefficient (Wildman–Crippen LogP) is 2.58. The Labute approximate surface area is 117 Å². The first-order chi connectivity index (χ1) is 9.74. The average Bonchev–Trinajstić information content (AvgIpc) is 3.19. The molecule has 1 N–H and O–H groups in total. The van der Waals surface area contributed by atoms with Crippen LogP contribution < -0.4 is 10.1 Å². The molecule has 1 heterocycles. The van der Waals surface area contributed by atoms with Gasteiger partial charge in [0.15, 0.2) is 5.69 Å². The number of para-hydroxylation sites is 1. The second-order valence-corrected chi connectivity index (χ2v) is 5.35. The summed E-state index contributed by atoms with van der Waals surface area (Å²) in [6.07, 6.45) is 3.78. The fourth-order valence-corrected chi connectivity index (χ4v) is 2.26. The van der Waals surface area contributed by atoms with E-state index in [0.29, 0.717) is 30.6 Å². The van der Waals surface area contributed by atoms with Gasteiger partial charge < -0.3 is 14.8 Å². The SMILES string of the molecule is O=[N+]([O-])c1cccc(OCC2CO2)c1NCC1CCC1. The zero-order chi connectivity index (χ0) is 13.9.